The highest BCUT2D eigenvalue weighted by Crippen LogP contribution is 2.15. The predicted octanol–water partition coefficient (Wildman–Crippen LogP) is 8.15. The van der Waals surface area contributed by atoms with E-state index in [2.05, 4.69) is 6.92 Å². The van der Waals surface area contributed by atoms with E-state index in [1.165, 1.54) is 83.5 Å². The standard InChI is InChI=1S/C26H42O2/c1-3-4-5-6-7-8-9-10-11-12-13-14-15-16-23-28-26-21-19-25(20-22-26)18-17-24(2)27/h17-22H,3-16,23H2,1-2H3. The third-order valence-electron chi connectivity index (χ3n) is 5.16. The van der Waals surface area contributed by atoms with Crippen molar-refractivity contribution in [3.63, 3.8) is 0 Å². The van der Waals surface area contributed by atoms with Crippen molar-refractivity contribution in [1.29, 1.82) is 0 Å². The van der Waals surface area contributed by atoms with Gasteiger partial charge >= 0.3 is 0 Å². The maximum atomic E-state index is 10.9. The van der Waals surface area contributed by atoms with Crippen molar-refractivity contribution >= 4 is 11.9 Å². The van der Waals surface area contributed by atoms with Crippen LogP contribution in [0.2, 0.25) is 0 Å². The second kappa shape index (κ2) is 17.5. The number of unbranched alkanes of at least 4 members (excludes halogenated alkanes) is 13. The topological polar surface area (TPSA) is 26.3 Å². The number of allylic oxidation sites excluding steroid dienone is 1. The highest BCUT2D eigenvalue weighted by atomic mass is 16.5. The number of hydrogen-bond donors (Lipinski definition) is 0. The van der Waals surface area contributed by atoms with E-state index in [1.54, 1.807) is 13.0 Å². The maximum absolute atomic E-state index is 10.9. The van der Waals surface area contributed by atoms with Gasteiger partial charge in [0.25, 0.3) is 0 Å². The first-order chi connectivity index (χ1) is 13.7. The zero-order valence-electron chi connectivity index (χ0n) is 18.4. The van der Waals surface area contributed by atoms with Crippen LogP contribution in [-0.4, -0.2) is 12.4 Å². The number of rotatable bonds is 18. The Labute approximate surface area is 173 Å². The number of carbonyl (C=O) groups is 1. The average molecular weight is 387 g/mol. The normalized spacial score (nSPS) is 11.2. The lowest BCUT2D eigenvalue weighted by molar-refractivity contribution is -0.112. The molecule has 0 bridgehead atoms. The van der Waals surface area contributed by atoms with Gasteiger partial charge in [-0.05, 0) is 37.1 Å². The lowest BCUT2D eigenvalue weighted by atomic mass is 10.0. The van der Waals surface area contributed by atoms with E-state index in [0.29, 0.717) is 0 Å². The van der Waals surface area contributed by atoms with Gasteiger partial charge in [0.1, 0.15) is 5.75 Å². The average Bonchev–Trinajstić information content (AvgIpc) is 2.70. The van der Waals surface area contributed by atoms with E-state index in [4.69, 9.17) is 4.74 Å². The molecule has 0 saturated heterocycles. The van der Waals surface area contributed by atoms with Crippen LogP contribution in [0.4, 0.5) is 0 Å². The summed E-state index contributed by atoms with van der Waals surface area (Å²) in [4.78, 5) is 10.9. The van der Waals surface area contributed by atoms with Crippen LogP contribution in [0.1, 0.15) is 109 Å². The van der Waals surface area contributed by atoms with Crippen molar-refractivity contribution in [2.45, 2.75) is 104 Å². The van der Waals surface area contributed by atoms with E-state index in [1.807, 2.05) is 30.3 Å². The van der Waals surface area contributed by atoms with Gasteiger partial charge in [-0.25, -0.2) is 0 Å². The molecule has 0 spiro atoms. The first-order valence-corrected chi connectivity index (χ1v) is 11.6. The number of ether oxygens (including phenoxy) is 1. The minimum absolute atomic E-state index is 0.0677. The van der Waals surface area contributed by atoms with E-state index in [9.17, 15) is 4.79 Å². The largest absolute Gasteiger partial charge is 0.494 e. The first-order valence-electron chi connectivity index (χ1n) is 11.6. The second-order valence-corrected chi connectivity index (χ2v) is 7.96. The smallest absolute Gasteiger partial charge is 0.152 e. The van der Waals surface area contributed by atoms with Crippen LogP contribution < -0.4 is 4.74 Å². The summed E-state index contributed by atoms with van der Waals surface area (Å²) >= 11 is 0. The van der Waals surface area contributed by atoms with Gasteiger partial charge in [-0.3, -0.25) is 4.79 Å². The van der Waals surface area contributed by atoms with Crippen molar-refractivity contribution in [3.05, 3.63) is 35.9 Å². The monoisotopic (exact) mass is 386 g/mol. The van der Waals surface area contributed by atoms with Gasteiger partial charge < -0.3 is 4.74 Å². The number of ketones is 1. The molecule has 0 heterocycles. The van der Waals surface area contributed by atoms with Crippen LogP contribution in [0.25, 0.3) is 6.08 Å². The number of benzene rings is 1. The molecule has 0 amide bonds. The molecule has 0 aliphatic carbocycles. The molecule has 1 rings (SSSR count). The molecule has 158 valence electrons. The van der Waals surface area contributed by atoms with Crippen molar-refractivity contribution in [2.24, 2.45) is 0 Å². The van der Waals surface area contributed by atoms with E-state index >= 15 is 0 Å². The fraction of sp³-hybridized carbons (Fsp3) is 0.654. The van der Waals surface area contributed by atoms with Gasteiger partial charge in [-0.15, -0.1) is 0 Å². The molecule has 0 aromatic heterocycles. The van der Waals surface area contributed by atoms with E-state index < -0.39 is 0 Å². The van der Waals surface area contributed by atoms with Gasteiger partial charge in [0.15, 0.2) is 5.78 Å². The fourth-order valence-corrected chi connectivity index (χ4v) is 3.38. The molecule has 2 heteroatoms. The molecular weight excluding hydrogens is 344 g/mol. The Hall–Kier alpha value is -1.57. The Balaban J connectivity index is 1.88. The zero-order valence-corrected chi connectivity index (χ0v) is 18.4. The van der Waals surface area contributed by atoms with Crippen LogP contribution in [0.5, 0.6) is 5.75 Å². The zero-order chi connectivity index (χ0) is 20.3. The molecule has 0 unspecified atom stereocenters. The van der Waals surface area contributed by atoms with Crippen LogP contribution in [0.3, 0.4) is 0 Å². The fourth-order valence-electron chi connectivity index (χ4n) is 3.38. The second-order valence-electron chi connectivity index (χ2n) is 7.96. The molecule has 0 fully saturated rings. The summed E-state index contributed by atoms with van der Waals surface area (Å²) in [5, 5.41) is 0. The van der Waals surface area contributed by atoms with Gasteiger partial charge in [-0.1, -0.05) is 109 Å². The number of carbonyl (C=O) groups excluding carboxylic acids is 1. The van der Waals surface area contributed by atoms with Crippen molar-refractivity contribution < 1.29 is 9.53 Å². The summed E-state index contributed by atoms with van der Waals surface area (Å²) in [5.41, 5.74) is 1.03. The van der Waals surface area contributed by atoms with Crippen LogP contribution in [0.15, 0.2) is 30.3 Å². The summed E-state index contributed by atoms with van der Waals surface area (Å²) in [6.07, 6.45) is 22.7. The lowest BCUT2D eigenvalue weighted by Crippen LogP contribution is -1.97. The molecule has 1 aromatic rings. The lowest BCUT2D eigenvalue weighted by Gasteiger charge is -2.06. The summed E-state index contributed by atoms with van der Waals surface area (Å²) in [6, 6.07) is 7.92. The van der Waals surface area contributed by atoms with Gasteiger partial charge in [0.05, 0.1) is 6.61 Å². The van der Waals surface area contributed by atoms with Gasteiger partial charge in [-0.2, -0.15) is 0 Å². The first kappa shape index (κ1) is 24.5. The Morgan fingerprint density at radius 2 is 1.21 bits per heavy atom. The van der Waals surface area contributed by atoms with Crippen LogP contribution >= 0.6 is 0 Å². The van der Waals surface area contributed by atoms with Crippen molar-refractivity contribution in [3.8, 4) is 5.75 Å². The highest BCUT2D eigenvalue weighted by molar-refractivity contribution is 5.91. The molecule has 0 radical (unpaired) electrons. The summed E-state index contributed by atoms with van der Waals surface area (Å²) in [5.74, 6) is 0.979. The van der Waals surface area contributed by atoms with E-state index in [-0.39, 0.29) is 5.78 Å². The number of hydrogen-bond acceptors (Lipinski definition) is 2. The minimum Gasteiger partial charge on any atom is -0.494 e. The Bertz CT molecular complexity index is 516. The predicted molar refractivity (Wildman–Crippen MR) is 122 cm³/mol. The minimum atomic E-state index is 0.0677. The van der Waals surface area contributed by atoms with Gasteiger partial charge in [0, 0.05) is 0 Å². The molecule has 0 aliphatic heterocycles. The molecule has 0 saturated carbocycles. The van der Waals surface area contributed by atoms with E-state index in [0.717, 1.165) is 24.3 Å². The Morgan fingerprint density at radius 1 is 0.750 bits per heavy atom. The molecule has 0 aliphatic rings. The molecular formula is C26H42O2. The Morgan fingerprint density at radius 3 is 1.68 bits per heavy atom. The third kappa shape index (κ3) is 14.5. The van der Waals surface area contributed by atoms with Gasteiger partial charge in [0.2, 0.25) is 0 Å². The maximum Gasteiger partial charge on any atom is 0.152 e. The van der Waals surface area contributed by atoms with Crippen molar-refractivity contribution in [1.82, 2.24) is 0 Å². The summed E-state index contributed by atoms with van der Waals surface area (Å²) in [7, 11) is 0. The molecule has 0 atom stereocenters. The molecule has 2 nitrogen and oxygen atoms in total. The molecule has 28 heavy (non-hydrogen) atoms. The Kier molecular flexibility index (Phi) is 15.3. The van der Waals surface area contributed by atoms with Crippen LogP contribution in [-0.2, 0) is 4.79 Å². The highest BCUT2D eigenvalue weighted by Gasteiger charge is 1.96. The third-order valence-corrected chi connectivity index (χ3v) is 5.16. The van der Waals surface area contributed by atoms with Crippen molar-refractivity contribution in [2.75, 3.05) is 6.61 Å². The van der Waals surface area contributed by atoms with Crippen LogP contribution in [0, 0.1) is 0 Å². The summed E-state index contributed by atoms with van der Waals surface area (Å²) < 4.78 is 5.80. The quantitative estimate of drug-likeness (QED) is 0.188. The molecule has 0 N–H and O–H groups in total. The summed E-state index contributed by atoms with van der Waals surface area (Å²) in [6.45, 7) is 4.63. The SMILES string of the molecule is CCCCCCCCCCCCCCCCOc1ccc(C=CC(C)=O)cc1. The molecule has 1 aromatic carbocycles.